The van der Waals surface area contributed by atoms with Gasteiger partial charge in [0.15, 0.2) is 0 Å². The Morgan fingerprint density at radius 3 is 2.37 bits per heavy atom. The number of hydrogen-bond donors (Lipinski definition) is 2. The molecule has 3 aromatic rings. The third-order valence-electron chi connectivity index (χ3n) is 5.17. The fourth-order valence-corrected chi connectivity index (χ4v) is 3.45. The number of piperazine rings is 1. The summed E-state index contributed by atoms with van der Waals surface area (Å²) in [5, 5.41) is 13.2. The lowest BCUT2D eigenvalue weighted by molar-refractivity contribution is 0.178. The van der Waals surface area contributed by atoms with Crippen molar-refractivity contribution in [2.75, 3.05) is 38.7 Å². The summed E-state index contributed by atoms with van der Waals surface area (Å²) < 4.78 is 0. The lowest BCUT2D eigenvalue weighted by Gasteiger charge is -2.32. The molecule has 0 amide bonds. The first-order valence-electron chi connectivity index (χ1n) is 9.27. The van der Waals surface area contributed by atoms with Crippen LogP contribution in [0.4, 0.5) is 5.95 Å². The highest BCUT2D eigenvalue weighted by atomic mass is 16.3. The molecular weight excluding hydrogens is 338 g/mol. The first-order chi connectivity index (χ1) is 13.0. The molecule has 0 bridgehead atoms. The molecule has 0 saturated carbocycles. The van der Waals surface area contributed by atoms with E-state index in [0.29, 0.717) is 11.7 Å². The fourth-order valence-electron chi connectivity index (χ4n) is 3.45. The molecule has 0 radical (unpaired) electrons. The van der Waals surface area contributed by atoms with E-state index < -0.39 is 0 Å². The molecule has 6 heteroatoms. The van der Waals surface area contributed by atoms with Gasteiger partial charge in [0.2, 0.25) is 5.95 Å². The van der Waals surface area contributed by atoms with Crippen molar-refractivity contribution in [1.29, 1.82) is 0 Å². The number of anilines is 1. The van der Waals surface area contributed by atoms with E-state index in [-0.39, 0.29) is 0 Å². The molecule has 0 unspecified atom stereocenters. The zero-order chi connectivity index (χ0) is 19.0. The first-order valence-corrected chi connectivity index (χ1v) is 9.27. The average Bonchev–Trinajstić information content (AvgIpc) is 2.67. The summed E-state index contributed by atoms with van der Waals surface area (Å²) in [5.74, 6) is 0.999. The summed E-state index contributed by atoms with van der Waals surface area (Å²) in [7, 11) is 2.14. The lowest BCUT2D eigenvalue weighted by Crippen LogP contribution is -2.47. The van der Waals surface area contributed by atoms with Gasteiger partial charge in [-0.25, -0.2) is 15.0 Å². The zero-order valence-corrected chi connectivity index (χ0v) is 16.0. The minimum atomic E-state index is 0.363. The number of aromatic hydroxyl groups is 1. The third kappa shape index (κ3) is 3.72. The molecule has 4 rings (SSSR count). The van der Waals surface area contributed by atoms with Gasteiger partial charge in [-0.05, 0) is 67.4 Å². The lowest BCUT2D eigenvalue weighted by atomic mass is 9.99. The number of likely N-dealkylation sites (N-methyl/N-ethyl adjacent to an activating group) is 1. The number of aromatic nitrogens is 2. The van der Waals surface area contributed by atoms with Crippen molar-refractivity contribution in [3.05, 3.63) is 47.7 Å². The van der Waals surface area contributed by atoms with Crippen molar-refractivity contribution in [2.45, 2.75) is 13.8 Å². The number of benzene rings is 2. The van der Waals surface area contributed by atoms with Crippen LogP contribution < -0.4 is 5.43 Å². The number of nitrogens with one attached hydrogen (secondary N) is 1. The van der Waals surface area contributed by atoms with Crippen LogP contribution in [0.3, 0.4) is 0 Å². The van der Waals surface area contributed by atoms with Crippen LogP contribution in [0.1, 0.15) is 11.1 Å². The van der Waals surface area contributed by atoms with E-state index in [0.717, 1.165) is 59.3 Å². The van der Waals surface area contributed by atoms with Crippen LogP contribution >= 0.6 is 0 Å². The van der Waals surface area contributed by atoms with Gasteiger partial charge in [-0.2, -0.15) is 0 Å². The molecule has 1 aliphatic heterocycles. The maximum atomic E-state index is 10.00. The van der Waals surface area contributed by atoms with E-state index in [2.05, 4.69) is 44.5 Å². The number of hydrazine groups is 1. The quantitative estimate of drug-likeness (QED) is 0.745. The van der Waals surface area contributed by atoms with Gasteiger partial charge in [-0.3, -0.25) is 5.43 Å². The van der Waals surface area contributed by atoms with Gasteiger partial charge in [0.05, 0.1) is 5.52 Å². The zero-order valence-electron chi connectivity index (χ0n) is 16.0. The van der Waals surface area contributed by atoms with E-state index in [9.17, 15) is 5.11 Å². The van der Waals surface area contributed by atoms with Crippen molar-refractivity contribution in [1.82, 2.24) is 19.9 Å². The Balaban J connectivity index is 1.59. The topological polar surface area (TPSA) is 64.5 Å². The summed E-state index contributed by atoms with van der Waals surface area (Å²) in [4.78, 5) is 11.5. The molecule has 0 atom stereocenters. The largest absolute Gasteiger partial charge is 0.507 e. The number of phenols is 1. The second kappa shape index (κ2) is 7.13. The molecule has 27 heavy (non-hydrogen) atoms. The molecule has 2 aromatic carbocycles. The van der Waals surface area contributed by atoms with Gasteiger partial charge in [-0.1, -0.05) is 6.07 Å². The number of nitrogens with zero attached hydrogens (tertiary/aromatic N) is 4. The van der Waals surface area contributed by atoms with E-state index in [1.54, 1.807) is 0 Å². The third-order valence-corrected chi connectivity index (χ3v) is 5.17. The molecule has 0 spiro atoms. The van der Waals surface area contributed by atoms with Crippen LogP contribution in [0.25, 0.3) is 22.0 Å². The molecule has 1 fully saturated rings. The monoisotopic (exact) mass is 363 g/mol. The summed E-state index contributed by atoms with van der Waals surface area (Å²) in [5.41, 5.74) is 8.18. The van der Waals surface area contributed by atoms with Crippen molar-refractivity contribution < 1.29 is 5.11 Å². The minimum Gasteiger partial charge on any atom is -0.507 e. The predicted molar refractivity (Wildman–Crippen MR) is 109 cm³/mol. The van der Waals surface area contributed by atoms with Crippen molar-refractivity contribution in [3.8, 4) is 16.9 Å². The summed E-state index contributed by atoms with van der Waals surface area (Å²) in [6.07, 6.45) is 1.87. The molecule has 1 aliphatic rings. The molecule has 1 saturated heterocycles. The molecule has 1 aromatic heterocycles. The maximum Gasteiger partial charge on any atom is 0.238 e. The van der Waals surface area contributed by atoms with Gasteiger partial charge in [0.25, 0.3) is 0 Å². The fraction of sp³-hybridized carbons (Fsp3) is 0.333. The summed E-state index contributed by atoms with van der Waals surface area (Å²) in [6.45, 7) is 7.83. The SMILES string of the molecule is Cc1cc(-c2ccc3nc(NN4CCN(C)CC4)ncc3c2)cc(C)c1O. The minimum absolute atomic E-state index is 0.363. The summed E-state index contributed by atoms with van der Waals surface area (Å²) >= 11 is 0. The second-order valence-electron chi connectivity index (χ2n) is 7.33. The Morgan fingerprint density at radius 1 is 0.963 bits per heavy atom. The molecule has 140 valence electrons. The number of rotatable bonds is 3. The Bertz CT molecular complexity index is 956. The number of phenolic OH excluding ortho intramolecular Hbond substituents is 1. The highest BCUT2D eigenvalue weighted by Gasteiger charge is 2.14. The van der Waals surface area contributed by atoms with Gasteiger partial charge in [0, 0.05) is 37.8 Å². The highest BCUT2D eigenvalue weighted by molar-refractivity contribution is 5.85. The van der Waals surface area contributed by atoms with E-state index in [1.807, 2.05) is 38.2 Å². The Morgan fingerprint density at radius 2 is 1.67 bits per heavy atom. The van der Waals surface area contributed by atoms with Gasteiger partial charge < -0.3 is 10.0 Å². The van der Waals surface area contributed by atoms with E-state index in [4.69, 9.17) is 0 Å². The maximum absolute atomic E-state index is 10.00. The Labute approximate surface area is 159 Å². The van der Waals surface area contributed by atoms with Crippen LogP contribution in [-0.4, -0.2) is 58.2 Å². The molecule has 2 N–H and O–H groups in total. The van der Waals surface area contributed by atoms with Gasteiger partial charge in [-0.15, -0.1) is 0 Å². The number of fused-ring (bicyclic) bond motifs is 1. The van der Waals surface area contributed by atoms with E-state index in [1.165, 1.54) is 0 Å². The normalized spacial score (nSPS) is 16.0. The van der Waals surface area contributed by atoms with Crippen LogP contribution in [0.15, 0.2) is 36.5 Å². The standard InChI is InChI=1S/C21H25N5O/c1-14-10-17(11-15(2)20(14)27)16-4-5-19-18(12-16)13-22-21(23-19)24-26-8-6-25(3)7-9-26/h4-5,10-13,27H,6-9H2,1-3H3,(H,22,23,24). The van der Waals surface area contributed by atoms with Gasteiger partial charge >= 0.3 is 0 Å². The van der Waals surface area contributed by atoms with Crippen LogP contribution in [0, 0.1) is 13.8 Å². The second-order valence-corrected chi connectivity index (χ2v) is 7.33. The van der Waals surface area contributed by atoms with Crippen LogP contribution in [0.5, 0.6) is 5.75 Å². The van der Waals surface area contributed by atoms with Gasteiger partial charge in [0.1, 0.15) is 5.75 Å². The first kappa shape index (κ1) is 17.7. The van der Waals surface area contributed by atoms with Crippen molar-refractivity contribution >= 4 is 16.9 Å². The smallest absolute Gasteiger partial charge is 0.238 e. The molecule has 2 heterocycles. The van der Waals surface area contributed by atoms with E-state index >= 15 is 0 Å². The van der Waals surface area contributed by atoms with Crippen molar-refractivity contribution in [3.63, 3.8) is 0 Å². The number of aryl methyl sites for hydroxylation is 2. The van der Waals surface area contributed by atoms with Crippen LogP contribution in [-0.2, 0) is 0 Å². The average molecular weight is 363 g/mol. The van der Waals surface area contributed by atoms with Crippen LogP contribution in [0.2, 0.25) is 0 Å². The molecule has 6 nitrogen and oxygen atoms in total. The highest BCUT2D eigenvalue weighted by Crippen LogP contribution is 2.30. The predicted octanol–water partition coefficient (Wildman–Crippen LogP) is 3.19. The molecular formula is C21H25N5O. The number of hydrogen-bond acceptors (Lipinski definition) is 6. The summed E-state index contributed by atoms with van der Waals surface area (Å²) in [6, 6.07) is 10.2. The Hall–Kier alpha value is -2.70. The Kier molecular flexibility index (Phi) is 4.68. The molecule has 0 aliphatic carbocycles. The van der Waals surface area contributed by atoms with Crippen molar-refractivity contribution in [2.24, 2.45) is 0 Å².